The number of piperidine rings is 1. The molecule has 0 radical (unpaired) electrons. The predicted molar refractivity (Wildman–Crippen MR) is 68.4 cm³/mol. The van der Waals surface area contributed by atoms with E-state index in [0.29, 0.717) is 0 Å². The van der Waals surface area contributed by atoms with Crippen molar-refractivity contribution >= 4 is 11.8 Å². The molecule has 1 aliphatic heterocycles. The Kier molecular flexibility index (Phi) is 4.09. The fourth-order valence-electron chi connectivity index (χ4n) is 1.86. The van der Waals surface area contributed by atoms with Crippen molar-refractivity contribution in [3.63, 3.8) is 0 Å². The van der Waals surface area contributed by atoms with Crippen molar-refractivity contribution in [1.82, 2.24) is 5.32 Å². The molecule has 1 fully saturated rings. The van der Waals surface area contributed by atoms with E-state index in [1.807, 2.05) is 0 Å². The van der Waals surface area contributed by atoms with Crippen LogP contribution in [0.4, 0.5) is 0 Å². The van der Waals surface area contributed by atoms with Gasteiger partial charge in [0.15, 0.2) is 0 Å². The van der Waals surface area contributed by atoms with E-state index < -0.39 is 0 Å². The molecule has 2 rings (SSSR count). The Morgan fingerprint density at radius 3 is 2.53 bits per heavy atom. The van der Waals surface area contributed by atoms with Gasteiger partial charge in [-0.05, 0) is 38.4 Å². The molecule has 0 aliphatic carbocycles. The summed E-state index contributed by atoms with van der Waals surface area (Å²) < 4.78 is 0. The van der Waals surface area contributed by atoms with Gasteiger partial charge in [0, 0.05) is 11.0 Å². The average Bonchev–Trinajstić information content (AvgIpc) is 2.30. The van der Waals surface area contributed by atoms with Crippen LogP contribution in [0.1, 0.15) is 24.0 Å². The van der Waals surface area contributed by atoms with Crippen molar-refractivity contribution < 1.29 is 0 Å². The van der Waals surface area contributed by atoms with E-state index in [-0.39, 0.29) is 0 Å². The number of aryl methyl sites for hydroxylation is 1. The summed E-state index contributed by atoms with van der Waals surface area (Å²) in [4.78, 5) is 0. The van der Waals surface area contributed by atoms with E-state index in [1.165, 1.54) is 42.8 Å². The Balaban J connectivity index is 1.79. The highest BCUT2D eigenvalue weighted by Crippen LogP contribution is 2.24. The third-order valence-electron chi connectivity index (χ3n) is 2.89. The number of nitrogens with one attached hydrogen (secondary N) is 1. The van der Waals surface area contributed by atoms with Gasteiger partial charge in [-0.15, -0.1) is 0 Å². The van der Waals surface area contributed by atoms with Crippen LogP contribution in [0.15, 0.2) is 24.3 Å². The third-order valence-corrected chi connectivity index (χ3v) is 4.34. The maximum absolute atomic E-state index is 3.41. The molecule has 0 spiro atoms. The number of rotatable bonds is 3. The second kappa shape index (κ2) is 5.57. The Morgan fingerprint density at radius 1 is 1.20 bits per heavy atom. The lowest BCUT2D eigenvalue weighted by Gasteiger charge is -2.21. The van der Waals surface area contributed by atoms with Crippen molar-refractivity contribution in [1.29, 1.82) is 0 Å². The topological polar surface area (TPSA) is 12.0 Å². The molecule has 1 nitrogen and oxygen atoms in total. The molecule has 1 aliphatic rings. The van der Waals surface area contributed by atoms with Crippen LogP contribution in [0.2, 0.25) is 0 Å². The van der Waals surface area contributed by atoms with Crippen molar-refractivity contribution in [2.45, 2.75) is 30.8 Å². The lowest BCUT2D eigenvalue weighted by atomic mass is 10.2. The zero-order chi connectivity index (χ0) is 10.5. The molecule has 0 amide bonds. The molecule has 1 aromatic carbocycles. The molecule has 0 atom stereocenters. The summed E-state index contributed by atoms with van der Waals surface area (Å²) in [7, 11) is 0. The van der Waals surface area contributed by atoms with Crippen molar-refractivity contribution in [3.05, 3.63) is 35.4 Å². The zero-order valence-electron chi connectivity index (χ0n) is 9.33. The SMILES string of the molecule is Cc1ccc(CSC2CCNCC2)cc1. The first-order chi connectivity index (χ1) is 7.34. The van der Waals surface area contributed by atoms with Gasteiger partial charge in [0.25, 0.3) is 0 Å². The van der Waals surface area contributed by atoms with Crippen LogP contribution in [0.25, 0.3) is 0 Å². The largest absolute Gasteiger partial charge is 0.317 e. The number of hydrogen-bond donors (Lipinski definition) is 1. The number of thioether (sulfide) groups is 1. The first kappa shape index (κ1) is 11.0. The van der Waals surface area contributed by atoms with Crippen LogP contribution in [-0.2, 0) is 5.75 Å². The number of hydrogen-bond acceptors (Lipinski definition) is 2. The lowest BCUT2D eigenvalue weighted by Crippen LogP contribution is -2.29. The smallest absolute Gasteiger partial charge is 0.0187 e. The van der Waals surface area contributed by atoms with Gasteiger partial charge in [0.05, 0.1) is 0 Å². The summed E-state index contributed by atoms with van der Waals surface area (Å²) in [5.74, 6) is 1.17. The summed E-state index contributed by atoms with van der Waals surface area (Å²) in [5.41, 5.74) is 2.81. The molecule has 0 unspecified atom stereocenters. The van der Waals surface area contributed by atoms with Crippen LogP contribution in [0.5, 0.6) is 0 Å². The van der Waals surface area contributed by atoms with Gasteiger partial charge in [0.2, 0.25) is 0 Å². The molecule has 15 heavy (non-hydrogen) atoms. The van der Waals surface area contributed by atoms with Crippen LogP contribution in [-0.4, -0.2) is 18.3 Å². The predicted octanol–water partition coefficient (Wildman–Crippen LogP) is 2.98. The molecule has 1 saturated heterocycles. The van der Waals surface area contributed by atoms with Gasteiger partial charge in [-0.2, -0.15) is 11.8 Å². The normalized spacial score (nSPS) is 17.9. The molecular formula is C13H19NS. The van der Waals surface area contributed by atoms with E-state index in [2.05, 4.69) is 48.3 Å². The van der Waals surface area contributed by atoms with Crippen molar-refractivity contribution in [2.24, 2.45) is 0 Å². The van der Waals surface area contributed by atoms with Gasteiger partial charge in [-0.25, -0.2) is 0 Å². The van der Waals surface area contributed by atoms with Crippen LogP contribution in [0, 0.1) is 6.92 Å². The van der Waals surface area contributed by atoms with Gasteiger partial charge < -0.3 is 5.32 Å². The fourth-order valence-corrected chi connectivity index (χ4v) is 3.05. The Bertz CT molecular complexity index is 288. The van der Waals surface area contributed by atoms with E-state index in [4.69, 9.17) is 0 Å². The first-order valence-electron chi connectivity index (χ1n) is 5.72. The van der Waals surface area contributed by atoms with Crippen molar-refractivity contribution in [3.8, 4) is 0 Å². The Hall–Kier alpha value is -0.470. The van der Waals surface area contributed by atoms with Gasteiger partial charge in [-0.3, -0.25) is 0 Å². The Morgan fingerprint density at radius 2 is 1.87 bits per heavy atom. The minimum absolute atomic E-state index is 0.868. The van der Waals surface area contributed by atoms with E-state index >= 15 is 0 Å². The fraction of sp³-hybridized carbons (Fsp3) is 0.538. The lowest BCUT2D eigenvalue weighted by molar-refractivity contribution is 0.531. The highest BCUT2D eigenvalue weighted by Gasteiger charge is 2.12. The van der Waals surface area contributed by atoms with Gasteiger partial charge >= 0.3 is 0 Å². The van der Waals surface area contributed by atoms with Crippen LogP contribution >= 0.6 is 11.8 Å². The molecular weight excluding hydrogens is 202 g/mol. The maximum atomic E-state index is 3.41. The zero-order valence-corrected chi connectivity index (χ0v) is 10.1. The first-order valence-corrected chi connectivity index (χ1v) is 6.77. The highest BCUT2D eigenvalue weighted by molar-refractivity contribution is 7.99. The van der Waals surface area contributed by atoms with Crippen LogP contribution < -0.4 is 5.32 Å². The summed E-state index contributed by atoms with van der Waals surface area (Å²) in [6.07, 6.45) is 2.66. The minimum atomic E-state index is 0.868. The highest BCUT2D eigenvalue weighted by atomic mass is 32.2. The minimum Gasteiger partial charge on any atom is -0.317 e. The molecule has 1 heterocycles. The summed E-state index contributed by atoms with van der Waals surface area (Å²) >= 11 is 2.12. The second-order valence-corrected chi connectivity index (χ2v) is 5.53. The van der Waals surface area contributed by atoms with E-state index in [9.17, 15) is 0 Å². The average molecular weight is 221 g/mol. The molecule has 82 valence electrons. The quantitative estimate of drug-likeness (QED) is 0.842. The molecule has 2 heteroatoms. The van der Waals surface area contributed by atoms with E-state index in [1.54, 1.807) is 0 Å². The standard InChI is InChI=1S/C13H19NS/c1-11-2-4-12(5-3-11)10-15-13-6-8-14-9-7-13/h2-5,13-14H,6-10H2,1H3. The molecule has 1 aromatic rings. The maximum Gasteiger partial charge on any atom is 0.0187 e. The van der Waals surface area contributed by atoms with E-state index in [0.717, 1.165) is 5.25 Å². The Labute approximate surface area is 96.7 Å². The van der Waals surface area contributed by atoms with Gasteiger partial charge in [-0.1, -0.05) is 29.8 Å². The summed E-state index contributed by atoms with van der Waals surface area (Å²) in [6, 6.07) is 8.92. The number of benzene rings is 1. The van der Waals surface area contributed by atoms with Gasteiger partial charge in [0.1, 0.15) is 0 Å². The summed E-state index contributed by atoms with van der Waals surface area (Å²) in [6.45, 7) is 4.54. The monoisotopic (exact) mass is 221 g/mol. The molecule has 0 aromatic heterocycles. The van der Waals surface area contributed by atoms with Crippen LogP contribution in [0.3, 0.4) is 0 Å². The molecule has 0 bridgehead atoms. The summed E-state index contributed by atoms with van der Waals surface area (Å²) in [5, 5.41) is 4.28. The molecule has 1 N–H and O–H groups in total. The third kappa shape index (κ3) is 3.54. The van der Waals surface area contributed by atoms with Crippen molar-refractivity contribution in [2.75, 3.05) is 13.1 Å². The molecule has 0 saturated carbocycles. The second-order valence-electron chi connectivity index (χ2n) is 4.25.